The van der Waals surface area contributed by atoms with Crippen molar-refractivity contribution in [2.24, 2.45) is 7.05 Å². The SMILES string of the molecule is Cn1nccc1C(=O)Nc1nn(Cc2ccc(F)cc2)cc1Cl. The molecule has 3 rings (SSSR count). The number of anilines is 1. The Hall–Kier alpha value is -2.67. The molecule has 0 saturated carbocycles. The van der Waals surface area contributed by atoms with E-state index in [-0.39, 0.29) is 17.5 Å². The van der Waals surface area contributed by atoms with Crippen molar-refractivity contribution in [3.63, 3.8) is 0 Å². The van der Waals surface area contributed by atoms with Gasteiger partial charge in [0.25, 0.3) is 5.91 Å². The third-order valence-electron chi connectivity index (χ3n) is 3.26. The number of rotatable bonds is 4. The molecule has 8 heteroatoms. The fourth-order valence-corrected chi connectivity index (χ4v) is 2.31. The van der Waals surface area contributed by atoms with Crippen molar-refractivity contribution in [1.29, 1.82) is 0 Å². The highest BCUT2D eigenvalue weighted by Crippen LogP contribution is 2.20. The summed E-state index contributed by atoms with van der Waals surface area (Å²) in [5.74, 6) is -0.379. The van der Waals surface area contributed by atoms with Gasteiger partial charge in [-0.1, -0.05) is 23.7 Å². The number of nitrogens with zero attached hydrogens (tertiary/aromatic N) is 4. The normalized spacial score (nSPS) is 10.7. The maximum atomic E-state index is 12.9. The predicted octanol–water partition coefficient (Wildman–Crippen LogP) is 2.71. The first kappa shape index (κ1) is 15.2. The summed E-state index contributed by atoms with van der Waals surface area (Å²) < 4.78 is 15.9. The number of aromatic nitrogens is 4. The van der Waals surface area contributed by atoms with Gasteiger partial charge in [-0.15, -0.1) is 0 Å². The molecule has 1 N–H and O–H groups in total. The van der Waals surface area contributed by atoms with Crippen LogP contribution >= 0.6 is 11.6 Å². The molecule has 1 aromatic carbocycles. The van der Waals surface area contributed by atoms with Gasteiger partial charge in [-0.05, 0) is 23.8 Å². The van der Waals surface area contributed by atoms with E-state index in [0.717, 1.165) is 5.56 Å². The van der Waals surface area contributed by atoms with Gasteiger partial charge in [0, 0.05) is 19.4 Å². The van der Waals surface area contributed by atoms with E-state index in [0.29, 0.717) is 17.3 Å². The molecular formula is C15H13ClFN5O. The standard InChI is InChI=1S/C15H13ClFN5O/c1-21-13(6-7-18-21)15(23)19-14-12(16)9-22(20-14)8-10-2-4-11(17)5-3-10/h2-7,9H,8H2,1H3,(H,19,20,23). The average molecular weight is 334 g/mol. The number of hydrogen-bond acceptors (Lipinski definition) is 3. The van der Waals surface area contributed by atoms with Crippen molar-refractivity contribution in [2.75, 3.05) is 5.32 Å². The van der Waals surface area contributed by atoms with Crippen molar-refractivity contribution < 1.29 is 9.18 Å². The number of hydrogen-bond donors (Lipinski definition) is 1. The van der Waals surface area contributed by atoms with Crippen LogP contribution in [-0.2, 0) is 13.6 Å². The zero-order valence-electron chi connectivity index (χ0n) is 12.2. The zero-order chi connectivity index (χ0) is 16.4. The van der Waals surface area contributed by atoms with Gasteiger partial charge >= 0.3 is 0 Å². The lowest BCUT2D eigenvalue weighted by atomic mass is 10.2. The number of aryl methyl sites for hydroxylation is 1. The summed E-state index contributed by atoms with van der Waals surface area (Å²) >= 11 is 6.10. The van der Waals surface area contributed by atoms with Gasteiger partial charge in [0.1, 0.15) is 16.5 Å². The highest BCUT2D eigenvalue weighted by molar-refractivity contribution is 6.33. The number of benzene rings is 1. The lowest BCUT2D eigenvalue weighted by Crippen LogP contribution is -2.16. The Bertz CT molecular complexity index is 840. The Morgan fingerprint density at radius 2 is 2.04 bits per heavy atom. The molecule has 23 heavy (non-hydrogen) atoms. The second kappa shape index (κ2) is 6.21. The molecule has 6 nitrogen and oxygen atoms in total. The van der Waals surface area contributed by atoms with Gasteiger partial charge in [0.05, 0.1) is 6.54 Å². The van der Waals surface area contributed by atoms with Gasteiger partial charge in [0.15, 0.2) is 5.82 Å². The van der Waals surface area contributed by atoms with Gasteiger partial charge in [-0.25, -0.2) is 4.39 Å². The minimum absolute atomic E-state index is 0.264. The highest BCUT2D eigenvalue weighted by atomic mass is 35.5. The summed E-state index contributed by atoms with van der Waals surface area (Å²) in [5.41, 5.74) is 1.27. The molecule has 2 heterocycles. The van der Waals surface area contributed by atoms with Crippen LogP contribution < -0.4 is 5.32 Å². The smallest absolute Gasteiger partial charge is 0.275 e. The van der Waals surface area contributed by atoms with E-state index < -0.39 is 0 Å². The number of carbonyl (C=O) groups excluding carboxylic acids is 1. The van der Waals surface area contributed by atoms with Gasteiger partial charge in [-0.2, -0.15) is 10.2 Å². The summed E-state index contributed by atoms with van der Waals surface area (Å²) in [5, 5.41) is 11.1. The monoisotopic (exact) mass is 333 g/mol. The molecule has 0 aliphatic carbocycles. The minimum atomic E-state index is -0.348. The minimum Gasteiger partial charge on any atom is -0.302 e. The maximum Gasteiger partial charge on any atom is 0.275 e. The van der Waals surface area contributed by atoms with Crippen LogP contribution in [0, 0.1) is 5.82 Å². The first-order chi connectivity index (χ1) is 11.0. The van der Waals surface area contributed by atoms with E-state index >= 15 is 0 Å². The molecule has 0 radical (unpaired) electrons. The van der Waals surface area contributed by atoms with Crippen molar-refractivity contribution >= 4 is 23.3 Å². The topological polar surface area (TPSA) is 64.7 Å². The number of halogens is 2. The molecule has 0 saturated heterocycles. The van der Waals surface area contributed by atoms with Crippen LogP contribution in [0.2, 0.25) is 5.02 Å². The molecule has 0 fully saturated rings. The Kier molecular flexibility index (Phi) is 4.12. The maximum absolute atomic E-state index is 12.9. The van der Waals surface area contributed by atoms with Crippen molar-refractivity contribution in [1.82, 2.24) is 19.6 Å². The molecule has 2 aromatic heterocycles. The third-order valence-corrected chi connectivity index (χ3v) is 3.54. The zero-order valence-corrected chi connectivity index (χ0v) is 13.0. The molecule has 0 aliphatic heterocycles. The molecule has 1 amide bonds. The molecule has 0 spiro atoms. The van der Waals surface area contributed by atoms with E-state index in [4.69, 9.17) is 11.6 Å². The lowest BCUT2D eigenvalue weighted by molar-refractivity contribution is 0.101. The van der Waals surface area contributed by atoms with E-state index in [1.54, 1.807) is 36.1 Å². The third kappa shape index (κ3) is 3.40. The first-order valence-electron chi connectivity index (χ1n) is 6.79. The predicted molar refractivity (Wildman–Crippen MR) is 83.9 cm³/mol. The Balaban J connectivity index is 1.74. The van der Waals surface area contributed by atoms with E-state index in [9.17, 15) is 9.18 Å². The summed E-state index contributed by atoms with van der Waals surface area (Å²) in [6.45, 7) is 0.418. The second-order valence-corrected chi connectivity index (χ2v) is 5.35. The van der Waals surface area contributed by atoms with Crippen LogP contribution in [0.15, 0.2) is 42.7 Å². The highest BCUT2D eigenvalue weighted by Gasteiger charge is 2.14. The summed E-state index contributed by atoms with van der Waals surface area (Å²) in [6, 6.07) is 7.69. The Morgan fingerprint density at radius 3 is 2.70 bits per heavy atom. The molecular weight excluding hydrogens is 321 g/mol. The van der Waals surface area contributed by atoms with E-state index in [2.05, 4.69) is 15.5 Å². The summed E-state index contributed by atoms with van der Waals surface area (Å²) in [7, 11) is 1.67. The molecule has 118 valence electrons. The molecule has 0 unspecified atom stereocenters. The van der Waals surface area contributed by atoms with Crippen molar-refractivity contribution in [3.8, 4) is 0 Å². The van der Waals surface area contributed by atoms with Crippen molar-refractivity contribution in [3.05, 3.63) is 64.8 Å². The quantitative estimate of drug-likeness (QED) is 0.798. The fraction of sp³-hybridized carbons (Fsp3) is 0.133. The lowest BCUT2D eigenvalue weighted by Gasteiger charge is -2.03. The van der Waals surface area contributed by atoms with Crippen molar-refractivity contribution in [2.45, 2.75) is 6.54 Å². The van der Waals surface area contributed by atoms with E-state index in [1.807, 2.05) is 0 Å². The summed E-state index contributed by atoms with van der Waals surface area (Å²) in [4.78, 5) is 12.1. The molecule has 0 bridgehead atoms. The van der Waals surface area contributed by atoms with Gasteiger partial charge in [0.2, 0.25) is 0 Å². The fourth-order valence-electron chi connectivity index (χ4n) is 2.11. The van der Waals surface area contributed by atoms with Crippen LogP contribution in [0.4, 0.5) is 10.2 Å². The van der Waals surface area contributed by atoms with Gasteiger partial charge in [-0.3, -0.25) is 14.2 Å². The van der Waals surface area contributed by atoms with E-state index in [1.165, 1.54) is 23.0 Å². The van der Waals surface area contributed by atoms with Crippen LogP contribution in [0.5, 0.6) is 0 Å². The first-order valence-corrected chi connectivity index (χ1v) is 7.17. The number of carbonyl (C=O) groups is 1. The van der Waals surface area contributed by atoms with Crippen LogP contribution in [-0.4, -0.2) is 25.5 Å². The van der Waals surface area contributed by atoms with Crippen LogP contribution in [0.1, 0.15) is 16.1 Å². The molecule has 0 atom stereocenters. The second-order valence-electron chi connectivity index (χ2n) is 4.94. The Labute approximate surface area is 136 Å². The average Bonchev–Trinajstić information content (AvgIpc) is 3.08. The largest absolute Gasteiger partial charge is 0.302 e. The molecule has 0 aliphatic rings. The number of nitrogens with one attached hydrogen (secondary N) is 1. The number of amides is 1. The van der Waals surface area contributed by atoms with Crippen LogP contribution in [0.25, 0.3) is 0 Å². The molecule has 3 aromatic rings. The van der Waals surface area contributed by atoms with Crippen LogP contribution in [0.3, 0.4) is 0 Å². The summed E-state index contributed by atoms with van der Waals surface area (Å²) in [6.07, 6.45) is 3.13. The Morgan fingerprint density at radius 1 is 1.30 bits per heavy atom. The van der Waals surface area contributed by atoms with Gasteiger partial charge < -0.3 is 5.32 Å².